The lowest BCUT2D eigenvalue weighted by molar-refractivity contribution is -0.136. The molecule has 0 saturated carbocycles. The maximum absolute atomic E-state index is 12.7. The van der Waals surface area contributed by atoms with Crippen LogP contribution in [0.5, 0.6) is 0 Å². The van der Waals surface area contributed by atoms with E-state index in [-0.39, 0.29) is 0 Å². The predicted octanol–water partition coefficient (Wildman–Crippen LogP) is 2.88. The highest BCUT2D eigenvalue weighted by Crippen LogP contribution is 2.38. The van der Waals surface area contributed by atoms with Gasteiger partial charge in [0.1, 0.15) is 12.4 Å². The van der Waals surface area contributed by atoms with Crippen molar-refractivity contribution in [2.75, 3.05) is 12.4 Å². The number of ether oxygens (including phenoxy) is 1. The Morgan fingerprint density at radius 2 is 1.76 bits per heavy atom. The minimum atomic E-state index is -0.414. The van der Waals surface area contributed by atoms with Crippen LogP contribution in [0.1, 0.15) is 17.2 Å². The highest BCUT2D eigenvalue weighted by Gasteiger charge is 2.35. The molecule has 0 fully saturated rings. The average molecular weight is 332 g/mol. The number of fused-ring (bicyclic) bond motifs is 1. The first-order valence-corrected chi connectivity index (χ1v) is 7.89. The third kappa shape index (κ3) is 2.57. The van der Waals surface area contributed by atoms with Crippen molar-refractivity contribution in [1.29, 1.82) is 0 Å². The summed E-state index contributed by atoms with van der Waals surface area (Å²) in [5.41, 5.74) is 3.00. The van der Waals surface area contributed by atoms with Crippen molar-refractivity contribution in [2.45, 2.75) is 6.04 Å². The maximum Gasteiger partial charge on any atom is 0.338 e. The summed E-state index contributed by atoms with van der Waals surface area (Å²) >= 11 is 0. The lowest BCUT2D eigenvalue weighted by atomic mass is 9.93. The van der Waals surface area contributed by atoms with Crippen molar-refractivity contribution in [3.63, 3.8) is 0 Å². The Kier molecular flexibility index (Phi) is 3.78. The van der Waals surface area contributed by atoms with Gasteiger partial charge in [-0.1, -0.05) is 60.7 Å². The van der Waals surface area contributed by atoms with E-state index >= 15 is 0 Å². The van der Waals surface area contributed by atoms with Crippen LogP contribution in [0, 0.1) is 0 Å². The number of rotatable bonds is 3. The Hall–Kier alpha value is -3.41. The fourth-order valence-corrected chi connectivity index (χ4v) is 3.07. The molecule has 4 rings (SSSR count). The first kappa shape index (κ1) is 15.1. The van der Waals surface area contributed by atoms with Crippen LogP contribution >= 0.6 is 0 Å². The van der Waals surface area contributed by atoms with E-state index in [9.17, 15) is 4.79 Å². The number of methoxy groups -OCH3 is 1. The summed E-state index contributed by atoms with van der Waals surface area (Å²) in [6, 6.07) is 19.0. The summed E-state index contributed by atoms with van der Waals surface area (Å²) in [6.07, 6.45) is 1.47. The number of nitrogens with zero attached hydrogens (tertiary/aromatic N) is 3. The number of aromatic nitrogens is 3. The quantitative estimate of drug-likeness (QED) is 0.747. The zero-order chi connectivity index (χ0) is 17.2. The Labute approximate surface area is 144 Å². The van der Waals surface area contributed by atoms with E-state index in [1.54, 1.807) is 4.68 Å². The molecule has 0 radical (unpaired) electrons. The van der Waals surface area contributed by atoms with E-state index in [2.05, 4.69) is 15.4 Å². The third-order valence-corrected chi connectivity index (χ3v) is 4.18. The average Bonchev–Trinajstić information content (AvgIpc) is 3.15. The molecule has 0 bridgehead atoms. The third-order valence-electron chi connectivity index (χ3n) is 4.18. The number of hydrogen-bond acceptors (Lipinski definition) is 5. The summed E-state index contributed by atoms with van der Waals surface area (Å²) in [6.45, 7) is 0. The van der Waals surface area contributed by atoms with E-state index in [1.165, 1.54) is 13.4 Å². The fraction of sp³-hybridized carbons (Fsp3) is 0.105. The maximum atomic E-state index is 12.7. The molecular weight excluding hydrogens is 316 g/mol. The Morgan fingerprint density at radius 1 is 1.08 bits per heavy atom. The Balaban J connectivity index is 1.98. The van der Waals surface area contributed by atoms with Crippen molar-refractivity contribution >= 4 is 17.6 Å². The summed E-state index contributed by atoms with van der Waals surface area (Å²) in [5, 5.41) is 7.54. The molecule has 0 spiro atoms. The lowest BCUT2D eigenvalue weighted by Crippen LogP contribution is -2.29. The molecule has 124 valence electrons. The largest absolute Gasteiger partial charge is 0.466 e. The van der Waals surface area contributed by atoms with Crippen LogP contribution in [0.4, 0.5) is 5.95 Å². The van der Waals surface area contributed by atoms with Crippen molar-refractivity contribution in [3.05, 3.63) is 83.7 Å². The van der Waals surface area contributed by atoms with Crippen molar-refractivity contribution < 1.29 is 9.53 Å². The number of hydrogen-bond donors (Lipinski definition) is 1. The molecule has 1 unspecified atom stereocenters. The first-order chi connectivity index (χ1) is 12.3. The van der Waals surface area contributed by atoms with Crippen molar-refractivity contribution in [2.24, 2.45) is 0 Å². The van der Waals surface area contributed by atoms with Crippen LogP contribution in [-0.4, -0.2) is 27.8 Å². The number of nitrogens with one attached hydrogen (secondary N) is 1. The zero-order valence-electron chi connectivity index (χ0n) is 13.6. The van der Waals surface area contributed by atoms with Crippen LogP contribution in [0.15, 0.2) is 72.6 Å². The molecule has 0 aliphatic carbocycles. The molecule has 1 aromatic heterocycles. The van der Waals surface area contributed by atoms with Gasteiger partial charge in [-0.2, -0.15) is 10.1 Å². The second-order valence-corrected chi connectivity index (χ2v) is 5.61. The molecule has 1 aliphatic heterocycles. The van der Waals surface area contributed by atoms with Crippen LogP contribution in [-0.2, 0) is 9.53 Å². The van der Waals surface area contributed by atoms with Crippen molar-refractivity contribution in [3.8, 4) is 0 Å². The molecule has 3 aromatic rings. The van der Waals surface area contributed by atoms with Crippen molar-refractivity contribution in [1.82, 2.24) is 14.8 Å². The molecule has 6 nitrogen and oxygen atoms in total. The Bertz CT molecular complexity index is 932. The van der Waals surface area contributed by atoms with Gasteiger partial charge in [-0.15, -0.1) is 0 Å². The second-order valence-electron chi connectivity index (χ2n) is 5.61. The monoisotopic (exact) mass is 332 g/mol. The van der Waals surface area contributed by atoms with Gasteiger partial charge < -0.3 is 10.1 Å². The van der Waals surface area contributed by atoms with Crippen LogP contribution in [0.3, 0.4) is 0 Å². The van der Waals surface area contributed by atoms with Gasteiger partial charge in [0, 0.05) is 0 Å². The van der Waals surface area contributed by atoms with Gasteiger partial charge in [-0.3, -0.25) is 0 Å². The highest BCUT2D eigenvalue weighted by molar-refractivity contribution is 6.02. The lowest BCUT2D eigenvalue weighted by Gasteiger charge is -2.29. The number of carbonyl (C=O) groups excluding carboxylic acids is 1. The summed E-state index contributed by atoms with van der Waals surface area (Å²) in [5.74, 6) is 0.182. The summed E-state index contributed by atoms with van der Waals surface area (Å²) < 4.78 is 6.79. The van der Waals surface area contributed by atoms with E-state index in [0.717, 1.165) is 11.1 Å². The first-order valence-electron chi connectivity index (χ1n) is 7.89. The Morgan fingerprint density at radius 3 is 2.44 bits per heavy atom. The van der Waals surface area contributed by atoms with Gasteiger partial charge in [0.2, 0.25) is 5.95 Å². The number of esters is 1. The van der Waals surface area contributed by atoms with E-state index in [4.69, 9.17) is 4.74 Å². The zero-order valence-corrected chi connectivity index (χ0v) is 13.6. The van der Waals surface area contributed by atoms with Crippen LogP contribution in [0.2, 0.25) is 0 Å². The van der Waals surface area contributed by atoms with E-state index in [0.29, 0.717) is 17.2 Å². The van der Waals surface area contributed by atoms with Gasteiger partial charge in [0.25, 0.3) is 0 Å². The SMILES string of the molecule is COC(=O)C1=C(c2ccccc2)Nc2ncnn2C1c1ccccc1. The standard InChI is InChI=1S/C19H16N4O2/c1-25-18(24)15-16(13-8-4-2-5-9-13)22-19-20-12-21-23(19)17(15)14-10-6-3-7-11-14/h2-12,17H,1H3,(H,20,21,22). The number of benzene rings is 2. The summed E-state index contributed by atoms with van der Waals surface area (Å²) in [7, 11) is 1.39. The van der Waals surface area contributed by atoms with Gasteiger partial charge in [-0.25, -0.2) is 9.48 Å². The molecular formula is C19H16N4O2. The minimum Gasteiger partial charge on any atom is -0.466 e. The second kappa shape index (κ2) is 6.24. The number of anilines is 1. The molecule has 1 aliphatic rings. The number of carbonyl (C=O) groups is 1. The van der Waals surface area contributed by atoms with Crippen LogP contribution in [0.25, 0.3) is 5.70 Å². The van der Waals surface area contributed by atoms with E-state index in [1.807, 2.05) is 60.7 Å². The van der Waals surface area contributed by atoms with Crippen LogP contribution < -0.4 is 5.32 Å². The van der Waals surface area contributed by atoms with Gasteiger partial charge >= 0.3 is 5.97 Å². The highest BCUT2D eigenvalue weighted by atomic mass is 16.5. The normalized spacial score (nSPS) is 16.1. The van der Waals surface area contributed by atoms with Gasteiger partial charge in [-0.05, 0) is 11.1 Å². The molecule has 6 heteroatoms. The molecule has 0 saturated heterocycles. The topological polar surface area (TPSA) is 69.0 Å². The molecule has 25 heavy (non-hydrogen) atoms. The predicted molar refractivity (Wildman–Crippen MR) is 93.6 cm³/mol. The fourth-order valence-electron chi connectivity index (χ4n) is 3.07. The molecule has 2 heterocycles. The molecule has 1 N–H and O–H groups in total. The minimum absolute atomic E-state index is 0.402. The molecule has 0 amide bonds. The van der Waals surface area contributed by atoms with Gasteiger partial charge in [0.05, 0.1) is 18.4 Å². The van der Waals surface area contributed by atoms with E-state index < -0.39 is 12.0 Å². The molecule has 2 aromatic carbocycles. The summed E-state index contributed by atoms with van der Waals surface area (Å²) in [4.78, 5) is 17.0. The molecule has 1 atom stereocenters. The smallest absolute Gasteiger partial charge is 0.338 e. The van der Waals surface area contributed by atoms with Gasteiger partial charge in [0.15, 0.2) is 0 Å².